The summed E-state index contributed by atoms with van der Waals surface area (Å²) in [4.78, 5) is 26.7. The lowest BCUT2D eigenvalue weighted by molar-refractivity contribution is -0.129. The topological polar surface area (TPSA) is 84.7 Å². The van der Waals surface area contributed by atoms with Crippen molar-refractivity contribution < 1.29 is 14.3 Å². The highest BCUT2D eigenvalue weighted by Crippen LogP contribution is 2.23. The second kappa shape index (κ2) is 9.95. The highest BCUT2D eigenvalue weighted by molar-refractivity contribution is 5.89. The fraction of sp³-hybridized carbons (Fsp3) is 0.600. The number of amides is 2. The van der Waals surface area contributed by atoms with Crippen LogP contribution in [0.4, 0.5) is 0 Å². The van der Waals surface area contributed by atoms with Gasteiger partial charge in [-0.05, 0) is 37.0 Å². The van der Waals surface area contributed by atoms with Gasteiger partial charge in [0.05, 0.1) is 13.0 Å². The zero-order valence-electron chi connectivity index (χ0n) is 16.7. The minimum atomic E-state index is -0.433. The summed E-state index contributed by atoms with van der Waals surface area (Å²) in [5.74, 6) is 0.827. The summed E-state index contributed by atoms with van der Waals surface area (Å²) in [6.45, 7) is 7.52. The zero-order valence-corrected chi connectivity index (χ0v) is 17.5. The van der Waals surface area contributed by atoms with Gasteiger partial charge in [0.1, 0.15) is 5.75 Å². The molecule has 1 saturated heterocycles. The van der Waals surface area contributed by atoms with Crippen molar-refractivity contribution >= 4 is 24.2 Å². The lowest BCUT2D eigenvalue weighted by Gasteiger charge is -2.32. The fourth-order valence-electron chi connectivity index (χ4n) is 3.54. The maximum Gasteiger partial charge on any atom is 0.225 e. The van der Waals surface area contributed by atoms with Crippen molar-refractivity contribution in [2.45, 2.75) is 45.7 Å². The van der Waals surface area contributed by atoms with Gasteiger partial charge in [0, 0.05) is 31.6 Å². The van der Waals surface area contributed by atoms with Gasteiger partial charge in [-0.1, -0.05) is 26.0 Å². The molecule has 2 unspecified atom stereocenters. The number of rotatable bonds is 8. The minimum absolute atomic E-state index is 0. The molecule has 0 radical (unpaired) electrons. The predicted molar refractivity (Wildman–Crippen MR) is 109 cm³/mol. The molecule has 0 saturated carbocycles. The number of hydrogen-bond acceptors (Lipinski definition) is 4. The van der Waals surface area contributed by atoms with E-state index in [4.69, 9.17) is 10.5 Å². The number of carbonyl (C=O) groups is 2. The Morgan fingerprint density at radius 2 is 2.00 bits per heavy atom. The highest BCUT2D eigenvalue weighted by atomic mass is 35.5. The van der Waals surface area contributed by atoms with Gasteiger partial charge in [0.25, 0.3) is 0 Å². The van der Waals surface area contributed by atoms with E-state index in [1.54, 1.807) is 12.0 Å². The quantitative estimate of drug-likeness (QED) is 0.705. The van der Waals surface area contributed by atoms with Gasteiger partial charge in [-0.2, -0.15) is 0 Å². The van der Waals surface area contributed by atoms with Crippen LogP contribution in [-0.4, -0.2) is 42.5 Å². The van der Waals surface area contributed by atoms with E-state index in [2.05, 4.69) is 19.2 Å². The van der Waals surface area contributed by atoms with E-state index < -0.39 is 5.54 Å². The third kappa shape index (κ3) is 6.40. The molecule has 2 rings (SSSR count). The number of hydrogen-bond donors (Lipinski definition) is 2. The first-order valence-corrected chi connectivity index (χ1v) is 9.19. The summed E-state index contributed by atoms with van der Waals surface area (Å²) in [5.41, 5.74) is 6.47. The SMILES string of the molecule is COc1ccc(CN2CC(C(=O)NC(C)(CN)CC(C)C)CC2=O)cc1.Cl. The van der Waals surface area contributed by atoms with Crippen molar-refractivity contribution in [1.82, 2.24) is 10.2 Å². The average Bonchev–Trinajstić information content (AvgIpc) is 2.96. The van der Waals surface area contributed by atoms with Gasteiger partial charge < -0.3 is 20.7 Å². The number of ether oxygens (including phenoxy) is 1. The number of benzene rings is 1. The van der Waals surface area contributed by atoms with Crippen molar-refractivity contribution in [3.8, 4) is 5.75 Å². The summed E-state index contributed by atoms with van der Waals surface area (Å²) in [6.07, 6.45) is 1.07. The first-order chi connectivity index (χ1) is 12.3. The highest BCUT2D eigenvalue weighted by Gasteiger charge is 2.37. The Labute approximate surface area is 168 Å². The summed E-state index contributed by atoms with van der Waals surface area (Å²) in [6, 6.07) is 7.62. The molecular weight excluding hydrogens is 366 g/mol. The summed E-state index contributed by atoms with van der Waals surface area (Å²) < 4.78 is 5.15. The Kier molecular flexibility index (Phi) is 8.57. The molecule has 7 heteroatoms. The molecule has 0 spiro atoms. The van der Waals surface area contributed by atoms with Crippen molar-refractivity contribution in [3.05, 3.63) is 29.8 Å². The van der Waals surface area contributed by atoms with Crippen LogP contribution in [0.1, 0.15) is 39.2 Å². The minimum Gasteiger partial charge on any atom is -0.497 e. The molecule has 0 aromatic heterocycles. The number of nitrogens with zero attached hydrogens (tertiary/aromatic N) is 1. The van der Waals surface area contributed by atoms with Crippen LogP contribution in [0, 0.1) is 11.8 Å². The lowest BCUT2D eigenvalue weighted by Crippen LogP contribution is -2.54. The summed E-state index contributed by atoms with van der Waals surface area (Å²) in [5, 5.41) is 3.08. The molecule has 152 valence electrons. The molecule has 2 amide bonds. The van der Waals surface area contributed by atoms with Gasteiger partial charge in [-0.3, -0.25) is 9.59 Å². The molecule has 1 fully saturated rings. The number of nitrogens with two attached hydrogens (primary N) is 1. The summed E-state index contributed by atoms with van der Waals surface area (Å²) >= 11 is 0. The van der Waals surface area contributed by atoms with Crippen LogP contribution in [0.25, 0.3) is 0 Å². The second-order valence-electron chi connectivity index (χ2n) is 7.88. The predicted octanol–water partition coefficient (Wildman–Crippen LogP) is 2.35. The van der Waals surface area contributed by atoms with E-state index in [1.807, 2.05) is 31.2 Å². The first-order valence-electron chi connectivity index (χ1n) is 9.19. The van der Waals surface area contributed by atoms with Crippen LogP contribution in [0.5, 0.6) is 5.75 Å². The average molecular weight is 398 g/mol. The zero-order chi connectivity index (χ0) is 19.3. The number of nitrogens with one attached hydrogen (secondary N) is 1. The monoisotopic (exact) mass is 397 g/mol. The van der Waals surface area contributed by atoms with Crippen LogP contribution in [-0.2, 0) is 16.1 Å². The molecular formula is C20H32ClN3O3. The van der Waals surface area contributed by atoms with Crippen LogP contribution in [0.3, 0.4) is 0 Å². The van der Waals surface area contributed by atoms with Gasteiger partial charge in [0.15, 0.2) is 0 Å². The van der Waals surface area contributed by atoms with E-state index >= 15 is 0 Å². The van der Waals surface area contributed by atoms with E-state index in [9.17, 15) is 9.59 Å². The number of halogens is 1. The van der Waals surface area contributed by atoms with Crippen molar-refractivity contribution in [2.24, 2.45) is 17.6 Å². The fourth-order valence-corrected chi connectivity index (χ4v) is 3.54. The summed E-state index contributed by atoms with van der Waals surface area (Å²) in [7, 11) is 1.62. The molecule has 1 aromatic rings. The Morgan fingerprint density at radius 1 is 1.37 bits per heavy atom. The van der Waals surface area contributed by atoms with E-state index in [0.29, 0.717) is 25.6 Å². The van der Waals surface area contributed by atoms with Gasteiger partial charge in [-0.25, -0.2) is 0 Å². The Bertz CT molecular complexity index is 636. The van der Waals surface area contributed by atoms with Crippen molar-refractivity contribution in [2.75, 3.05) is 20.2 Å². The van der Waals surface area contributed by atoms with E-state index in [0.717, 1.165) is 17.7 Å². The van der Waals surface area contributed by atoms with Crippen LogP contribution in [0.2, 0.25) is 0 Å². The molecule has 0 bridgehead atoms. The van der Waals surface area contributed by atoms with E-state index in [1.165, 1.54) is 0 Å². The molecule has 1 aromatic carbocycles. The van der Waals surface area contributed by atoms with E-state index in [-0.39, 0.29) is 36.6 Å². The third-order valence-corrected chi connectivity index (χ3v) is 4.85. The molecule has 0 aliphatic carbocycles. The first kappa shape index (κ1) is 23.2. The largest absolute Gasteiger partial charge is 0.497 e. The molecule has 1 aliphatic rings. The van der Waals surface area contributed by atoms with Crippen LogP contribution >= 0.6 is 12.4 Å². The number of likely N-dealkylation sites (tertiary alicyclic amines) is 1. The molecule has 27 heavy (non-hydrogen) atoms. The standard InChI is InChI=1S/C20H31N3O3.ClH/c1-14(2)10-20(3,13-21)22-19(25)16-9-18(24)23(12-16)11-15-5-7-17(26-4)8-6-15;/h5-8,14,16H,9-13,21H2,1-4H3,(H,22,25);1H. The van der Waals surface area contributed by atoms with Crippen molar-refractivity contribution in [3.63, 3.8) is 0 Å². The Hall–Kier alpha value is -1.79. The lowest BCUT2D eigenvalue weighted by atomic mass is 9.90. The molecule has 1 heterocycles. The normalized spacial score (nSPS) is 18.8. The molecule has 2 atom stereocenters. The van der Waals surface area contributed by atoms with Crippen molar-refractivity contribution in [1.29, 1.82) is 0 Å². The van der Waals surface area contributed by atoms with Gasteiger partial charge >= 0.3 is 0 Å². The molecule has 1 aliphatic heterocycles. The number of methoxy groups -OCH3 is 1. The van der Waals surface area contributed by atoms with Crippen LogP contribution in [0.15, 0.2) is 24.3 Å². The van der Waals surface area contributed by atoms with Crippen LogP contribution < -0.4 is 15.8 Å². The second-order valence-corrected chi connectivity index (χ2v) is 7.88. The van der Waals surface area contributed by atoms with Gasteiger partial charge in [-0.15, -0.1) is 12.4 Å². The smallest absolute Gasteiger partial charge is 0.225 e. The Morgan fingerprint density at radius 3 is 2.52 bits per heavy atom. The maximum absolute atomic E-state index is 12.7. The molecule has 6 nitrogen and oxygen atoms in total. The van der Waals surface area contributed by atoms with Gasteiger partial charge in [0.2, 0.25) is 11.8 Å². The number of carbonyl (C=O) groups excluding carboxylic acids is 2. The molecule has 3 N–H and O–H groups in total. The Balaban J connectivity index is 0.00000364. The maximum atomic E-state index is 12.7. The third-order valence-electron chi connectivity index (χ3n) is 4.85.